The van der Waals surface area contributed by atoms with Crippen molar-refractivity contribution in [3.05, 3.63) is 77.0 Å². The highest BCUT2D eigenvalue weighted by Crippen LogP contribution is 2.39. The van der Waals surface area contributed by atoms with Gasteiger partial charge in [0.1, 0.15) is 22.5 Å². The second kappa shape index (κ2) is 14.4. The highest BCUT2D eigenvalue weighted by atomic mass is 16.6. The molecule has 4 bridgehead atoms. The molecule has 4 atom stereocenters. The molecule has 5 aromatic rings. The minimum atomic E-state index is -0.606. The molecule has 55 heavy (non-hydrogen) atoms. The average molecular weight is 746 g/mol. The summed E-state index contributed by atoms with van der Waals surface area (Å²) in [5.74, 6) is 1.43. The lowest BCUT2D eigenvalue weighted by Crippen LogP contribution is -2.55. The third-order valence-corrected chi connectivity index (χ3v) is 11.6. The van der Waals surface area contributed by atoms with E-state index in [-0.39, 0.29) is 29.9 Å². The summed E-state index contributed by atoms with van der Waals surface area (Å²) in [6.07, 6.45) is 5.95. The summed E-state index contributed by atoms with van der Waals surface area (Å²) in [5.41, 5.74) is 5.68. The van der Waals surface area contributed by atoms with Crippen molar-refractivity contribution in [2.24, 2.45) is 13.0 Å². The monoisotopic (exact) mass is 745 g/mol. The Labute approximate surface area is 321 Å². The molecular weight excluding hydrogens is 695 g/mol. The third kappa shape index (κ3) is 7.02. The number of aromatic nitrogens is 4. The second-order valence-electron chi connectivity index (χ2n) is 16.5. The van der Waals surface area contributed by atoms with Crippen molar-refractivity contribution in [3.8, 4) is 17.3 Å². The number of likely N-dealkylation sites (tertiary alicyclic amines) is 1. The fourth-order valence-electron chi connectivity index (χ4n) is 8.87. The summed E-state index contributed by atoms with van der Waals surface area (Å²) in [6.45, 7) is 8.68. The van der Waals surface area contributed by atoms with Crippen LogP contribution in [0.3, 0.4) is 0 Å². The lowest BCUT2D eigenvalue weighted by atomic mass is 9.93. The molecule has 0 unspecified atom stereocenters. The Kier molecular flexibility index (Phi) is 9.55. The fourth-order valence-corrected chi connectivity index (χ4v) is 8.87. The van der Waals surface area contributed by atoms with Gasteiger partial charge in [-0.1, -0.05) is 24.6 Å². The molecule has 3 aliphatic rings. The molecule has 3 amide bonds. The Balaban J connectivity index is 1.13. The van der Waals surface area contributed by atoms with E-state index in [0.29, 0.717) is 29.3 Å². The number of carbonyl (C=O) groups is 3. The van der Waals surface area contributed by atoms with Crippen molar-refractivity contribution >= 4 is 40.0 Å². The van der Waals surface area contributed by atoms with Gasteiger partial charge in [-0.15, -0.1) is 0 Å². The number of benzene rings is 2. The van der Waals surface area contributed by atoms with E-state index in [1.807, 2.05) is 86.7 Å². The molecule has 12 heteroatoms. The summed E-state index contributed by atoms with van der Waals surface area (Å²) in [4.78, 5) is 52.7. The average Bonchev–Trinajstić information content (AvgIpc) is 3.84. The number of ether oxygens (including phenoxy) is 2. The van der Waals surface area contributed by atoms with Crippen LogP contribution in [-0.4, -0.2) is 73.2 Å². The highest BCUT2D eigenvalue weighted by molar-refractivity contribution is 6.00. The number of carbonyl (C=O) groups excluding carboxylic acids is 3. The lowest BCUT2D eigenvalue weighted by Gasteiger charge is -2.39. The van der Waals surface area contributed by atoms with Crippen LogP contribution in [0.4, 0.5) is 4.79 Å². The molecule has 0 radical (unpaired) electrons. The zero-order valence-electron chi connectivity index (χ0n) is 32.6. The van der Waals surface area contributed by atoms with Crippen molar-refractivity contribution in [1.29, 1.82) is 0 Å². The molecule has 2 aromatic carbocycles. The lowest BCUT2D eigenvalue weighted by molar-refractivity contribution is 0.0390. The van der Waals surface area contributed by atoms with E-state index < -0.39 is 11.7 Å². The molecule has 5 heterocycles. The second-order valence-corrected chi connectivity index (χ2v) is 16.5. The van der Waals surface area contributed by atoms with Crippen molar-refractivity contribution in [2.75, 3.05) is 13.7 Å². The summed E-state index contributed by atoms with van der Waals surface area (Å²) in [7, 11) is 3.60. The largest absolute Gasteiger partial charge is 0.494 e. The number of imidazole rings is 1. The Morgan fingerprint density at radius 2 is 1.82 bits per heavy atom. The van der Waals surface area contributed by atoms with Crippen molar-refractivity contribution < 1.29 is 23.9 Å². The molecule has 2 fully saturated rings. The number of hydrogen-bond donors (Lipinski definition) is 2. The molecule has 3 aromatic heterocycles. The number of fused-ring (bicyclic) bond motifs is 5. The Morgan fingerprint density at radius 3 is 2.62 bits per heavy atom. The predicted octanol–water partition coefficient (Wildman–Crippen LogP) is 7.33. The minimum absolute atomic E-state index is 0.0883. The van der Waals surface area contributed by atoms with Crippen LogP contribution in [0.2, 0.25) is 0 Å². The summed E-state index contributed by atoms with van der Waals surface area (Å²) < 4.78 is 15.8. The minimum Gasteiger partial charge on any atom is -0.494 e. The molecule has 1 saturated heterocycles. The van der Waals surface area contributed by atoms with Gasteiger partial charge in [-0.25, -0.2) is 14.8 Å². The Hall–Kier alpha value is -5.39. The maximum Gasteiger partial charge on any atom is 0.407 e. The fraction of sp³-hybridized carbons (Fsp3) is 0.465. The van der Waals surface area contributed by atoms with Gasteiger partial charge in [-0.05, 0) is 114 Å². The van der Waals surface area contributed by atoms with Gasteiger partial charge in [0.2, 0.25) is 0 Å². The SMILES string of the molecule is COc1cc(C(=O)N2C[C@H](NC(=O)OC(C)(C)C)[C@@H]3CC[C@H]2C3)cc2nc(-c3cc4ccc5nc4n3CCCCCc3ccccc3C(=O)N[C@@H]5C)n(C)c12. The van der Waals surface area contributed by atoms with Gasteiger partial charge in [0.15, 0.2) is 5.82 Å². The van der Waals surface area contributed by atoms with E-state index in [0.717, 1.165) is 96.4 Å². The van der Waals surface area contributed by atoms with E-state index in [4.69, 9.17) is 19.4 Å². The predicted molar refractivity (Wildman–Crippen MR) is 211 cm³/mol. The zero-order chi connectivity index (χ0) is 38.6. The molecular formula is C43H51N7O5. The molecule has 0 spiro atoms. The van der Waals surface area contributed by atoms with E-state index in [1.54, 1.807) is 7.11 Å². The Morgan fingerprint density at radius 1 is 1.00 bits per heavy atom. The van der Waals surface area contributed by atoms with Gasteiger partial charge in [-0.2, -0.15) is 0 Å². The molecule has 1 aliphatic carbocycles. The van der Waals surface area contributed by atoms with E-state index >= 15 is 0 Å². The number of aryl methyl sites for hydroxylation is 3. The van der Waals surface area contributed by atoms with Gasteiger partial charge in [0.05, 0.1) is 36.1 Å². The Bertz CT molecular complexity index is 2300. The van der Waals surface area contributed by atoms with Crippen LogP contribution in [0.15, 0.2) is 54.6 Å². The van der Waals surface area contributed by atoms with E-state index in [1.165, 1.54) is 0 Å². The van der Waals surface area contributed by atoms with Crippen LogP contribution in [0.25, 0.3) is 33.6 Å². The first-order valence-corrected chi connectivity index (χ1v) is 19.6. The molecule has 8 rings (SSSR count). The third-order valence-electron chi connectivity index (χ3n) is 11.6. The van der Waals surface area contributed by atoms with Gasteiger partial charge in [0, 0.05) is 42.7 Å². The van der Waals surface area contributed by atoms with Gasteiger partial charge >= 0.3 is 6.09 Å². The number of amides is 3. The molecule has 1 saturated carbocycles. The number of rotatable bonds is 4. The molecule has 2 aliphatic heterocycles. The molecule has 2 N–H and O–H groups in total. The number of piperidine rings is 1. The summed E-state index contributed by atoms with van der Waals surface area (Å²) in [6, 6.07) is 17.4. The van der Waals surface area contributed by atoms with Crippen LogP contribution in [-0.2, 0) is 24.8 Å². The van der Waals surface area contributed by atoms with Gasteiger partial charge in [0.25, 0.3) is 11.8 Å². The van der Waals surface area contributed by atoms with Gasteiger partial charge < -0.3 is 34.1 Å². The molecule has 12 nitrogen and oxygen atoms in total. The van der Waals surface area contributed by atoms with Crippen molar-refractivity contribution in [3.63, 3.8) is 0 Å². The number of alkyl carbamates (subject to hydrolysis) is 1. The molecule has 288 valence electrons. The first-order chi connectivity index (χ1) is 26.4. The van der Waals surface area contributed by atoms with Crippen LogP contribution in [0.1, 0.15) is 104 Å². The van der Waals surface area contributed by atoms with E-state index in [9.17, 15) is 14.4 Å². The normalized spacial score (nSPS) is 21.6. The maximum atomic E-state index is 14.3. The van der Waals surface area contributed by atoms with Crippen LogP contribution in [0.5, 0.6) is 5.75 Å². The van der Waals surface area contributed by atoms with Crippen molar-refractivity contribution in [1.82, 2.24) is 34.6 Å². The van der Waals surface area contributed by atoms with Crippen LogP contribution in [0, 0.1) is 5.92 Å². The number of nitrogens with one attached hydrogen (secondary N) is 2. The summed E-state index contributed by atoms with van der Waals surface area (Å²) >= 11 is 0. The topological polar surface area (TPSA) is 133 Å². The first-order valence-electron chi connectivity index (χ1n) is 19.6. The van der Waals surface area contributed by atoms with E-state index in [2.05, 4.69) is 27.3 Å². The smallest absolute Gasteiger partial charge is 0.407 e. The number of nitrogens with zero attached hydrogens (tertiary/aromatic N) is 5. The van der Waals surface area contributed by atoms with Crippen LogP contribution >= 0.6 is 0 Å². The number of hydrogen-bond acceptors (Lipinski definition) is 7. The highest BCUT2D eigenvalue weighted by Gasteiger charge is 2.43. The van der Waals surface area contributed by atoms with Gasteiger partial charge in [-0.3, -0.25) is 9.59 Å². The summed E-state index contributed by atoms with van der Waals surface area (Å²) in [5, 5.41) is 7.23. The zero-order valence-corrected chi connectivity index (χ0v) is 32.6. The quantitative estimate of drug-likeness (QED) is 0.197. The number of methoxy groups -OCH3 is 1. The maximum absolute atomic E-state index is 14.3. The standard InChI is InChI=1S/C43H51N7O5/c1-25-32-18-16-28-22-35(49(38(28)45-32)19-11-7-8-12-26-13-9-10-14-31(26)40(51)44-25)39-46-33-21-29(23-36(54-6)37(33)48(39)5)41(52)50-24-34(27-15-17-30(50)20-27)47-42(53)55-43(2,3)4/h9-10,13-14,16,18,21-23,25,27,30,34H,7-8,11-12,15,17,19-20,24H2,1-6H3,(H,44,51)(H,47,53)/t25-,27-,30+,34+/m1/s1. The van der Waals surface area contributed by atoms with Crippen molar-refractivity contribution in [2.45, 2.75) is 103 Å². The van der Waals surface area contributed by atoms with Crippen LogP contribution < -0.4 is 15.4 Å². The first kappa shape index (κ1) is 36.6. The number of pyridine rings is 1.